The Kier molecular flexibility index (Phi) is 6.37. The molecule has 0 saturated carbocycles. The van der Waals surface area contributed by atoms with Crippen molar-refractivity contribution in [2.45, 2.75) is 19.9 Å². The molecule has 0 aliphatic heterocycles. The lowest BCUT2D eigenvalue weighted by Crippen LogP contribution is -2.35. The van der Waals surface area contributed by atoms with Gasteiger partial charge in [-0.3, -0.25) is 0 Å². The van der Waals surface area contributed by atoms with Gasteiger partial charge in [0.2, 0.25) is 0 Å². The summed E-state index contributed by atoms with van der Waals surface area (Å²) in [6.07, 6.45) is 0.969. The van der Waals surface area contributed by atoms with Gasteiger partial charge in [-0.15, -0.1) is 11.3 Å². The van der Waals surface area contributed by atoms with Crippen LogP contribution in [0.3, 0.4) is 0 Å². The summed E-state index contributed by atoms with van der Waals surface area (Å²) < 4.78 is 4.96. The second-order valence-electron chi connectivity index (χ2n) is 3.48. The van der Waals surface area contributed by atoms with Crippen molar-refractivity contribution in [2.75, 3.05) is 20.3 Å². The highest BCUT2D eigenvalue weighted by Crippen LogP contribution is 2.14. The number of aryl methyl sites for hydroxylation is 1. The smallest absolute Gasteiger partial charge is 0.166 e. The third kappa shape index (κ3) is 4.92. The van der Waals surface area contributed by atoms with E-state index in [1.165, 1.54) is 10.4 Å². The molecule has 16 heavy (non-hydrogen) atoms. The normalized spacial score (nSPS) is 10.1. The second-order valence-corrected chi connectivity index (χ2v) is 4.89. The molecule has 0 aromatic carbocycles. The summed E-state index contributed by atoms with van der Waals surface area (Å²) in [7, 11) is 1.70. The van der Waals surface area contributed by atoms with Gasteiger partial charge in [0.1, 0.15) is 0 Å². The monoisotopic (exact) mass is 258 g/mol. The summed E-state index contributed by atoms with van der Waals surface area (Å²) >= 11 is 6.92. The molecule has 0 atom stereocenters. The highest BCUT2D eigenvalue weighted by Gasteiger charge is 2.00. The number of rotatable bonds is 6. The first-order valence-electron chi connectivity index (χ1n) is 5.27. The Morgan fingerprint density at radius 3 is 2.94 bits per heavy atom. The van der Waals surface area contributed by atoms with Crippen LogP contribution in [0, 0.1) is 6.92 Å². The molecular formula is C11H18N2OS2. The summed E-state index contributed by atoms with van der Waals surface area (Å²) in [4.78, 5) is 1.33. The second kappa shape index (κ2) is 7.60. The van der Waals surface area contributed by atoms with Crippen molar-refractivity contribution in [3.05, 3.63) is 21.9 Å². The van der Waals surface area contributed by atoms with E-state index in [4.69, 9.17) is 17.0 Å². The highest BCUT2D eigenvalue weighted by molar-refractivity contribution is 7.80. The van der Waals surface area contributed by atoms with Gasteiger partial charge in [-0.2, -0.15) is 0 Å². The van der Waals surface area contributed by atoms with Gasteiger partial charge in [0.05, 0.1) is 6.54 Å². The van der Waals surface area contributed by atoms with Crippen LogP contribution in [-0.4, -0.2) is 25.4 Å². The molecule has 2 N–H and O–H groups in total. The summed E-state index contributed by atoms with van der Waals surface area (Å²) in [5.41, 5.74) is 1.32. The number of methoxy groups -OCH3 is 1. The molecule has 5 heteroatoms. The van der Waals surface area contributed by atoms with E-state index < -0.39 is 0 Å². The third-order valence-corrected chi connectivity index (χ3v) is 3.50. The lowest BCUT2D eigenvalue weighted by Gasteiger charge is -2.09. The number of ether oxygens (including phenoxy) is 1. The van der Waals surface area contributed by atoms with Crippen LogP contribution in [0.1, 0.15) is 16.9 Å². The average molecular weight is 258 g/mol. The van der Waals surface area contributed by atoms with Crippen LogP contribution in [0.15, 0.2) is 11.4 Å². The molecule has 1 heterocycles. The fourth-order valence-corrected chi connectivity index (χ4v) is 2.25. The molecule has 0 radical (unpaired) electrons. The first-order valence-corrected chi connectivity index (χ1v) is 6.56. The first-order chi connectivity index (χ1) is 7.74. The van der Waals surface area contributed by atoms with Crippen LogP contribution >= 0.6 is 23.6 Å². The van der Waals surface area contributed by atoms with Gasteiger partial charge in [-0.1, -0.05) is 0 Å². The van der Waals surface area contributed by atoms with Crippen LogP contribution < -0.4 is 10.6 Å². The minimum Gasteiger partial charge on any atom is -0.385 e. The molecule has 0 aliphatic carbocycles. The minimum atomic E-state index is 0.712. The van der Waals surface area contributed by atoms with Crippen LogP contribution in [0.25, 0.3) is 0 Å². The molecule has 0 bridgehead atoms. The predicted octanol–water partition coefficient (Wildman–Crippen LogP) is 2.06. The summed E-state index contributed by atoms with van der Waals surface area (Å²) in [5.74, 6) is 0. The maximum Gasteiger partial charge on any atom is 0.166 e. The molecule has 1 aromatic rings. The predicted molar refractivity (Wildman–Crippen MR) is 73.0 cm³/mol. The van der Waals surface area contributed by atoms with Gasteiger partial charge in [0, 0.05) is 25.1 Å². The Balaban J connectivity index is 2.13. The van der Waals surface area contributed by atoms with E-state index in [9.17, 15) is 0 Å². The van der Waals surface area contributed by atoms with E-state index >= 15 is 0 Å². The van der Waals surface area contributed by atoms with Crippen LogP contribution in [0.5, 0.6) is 0 Å². The summed E-state index contributed by atoms with van der Waals surface area (Å²) in [6.45, 7) is 4.53. The van der Waals surface area contributed by atoms with Gasteiger partial charge in [-0.25, -0.2) is 0 Å². The zero-order valence-corrected chi connectivity index (χ0v) is 11.3. The lowest BCUT2D eigenvalue weighted by molar-refractivity contribution is 0.195. The number of nitrogens with one attached hydrogen (secondary N) is 2. The van der Waals surface area contributed by atoms with Crippen molar-refractivity contribution in [1.82, 2.24) is 10.6 Å². The van der Waals surface area contributed by atoms with Crippen LogP contribution in [-0.2, 0) is 11.3 Å². The SMILES string of the molecule is COCCCNC(=S)NCc1sccc1C. The lowest BCUT2D eigenvalue weighted by atomic mass is 10.3. The molecule has 0 amide bonds. The highest BCUT2D eigenvalue weighted by atomic mass is 32.1. The van der Waals surface area contributed by atoms with E-state index in [0.717, 1.165) is 26.1 Å². The zero-order chi connectivity index (χ0) is 11.8. The van der Waals surface area contributed by atoms with Crippen LogP contribution in [0.4, 0.5) is 0 Å². The number of hydrogen-bond acceptors (Lipinski definition) is 3. The number of thiophene rings is 1. The zero-order valence-electron chi connectivity index (χ0n) is 9.71. The van der Waals surface area contributed by atoms with Crippen LogP contribution in [0.2, 0.25) is 0 Å². The van der Waals surface area contributed by atoms with Gasteiger partial charge < -0.3 is 15.4 Å². The largest absolute Gasteiger partial charge is 0.385 e. The van der Waals surface area contributed by atoms with Crippen molar-refractivity contribution < 1.29 is 4.74 Å². The Hall–Kier alpha value is -0.650. The fraction of sp³-hybridized carbons (Fsp3) is 0.545. The summed E-state index contributed by atoms with van der Waals surface area (Å²) in [5, 5.41) is 9.15. The van der Waals surface area contributed by atoms with E-state index in [-0.39, 0.29) is 0 Å². The Labute approximate surface area is 106 Å². The van der Waals surface area contributed by atoms with Gasteiger partial charge in [-0.05, 0) is 42.6 Å². The maximum atomic E-state index is 5.16. The first kappa shape index (κ1) is 13.4. The van der Waals surface area contributed by atoms with E-state index in [0.29, 0.717) is 5.11 Å². The Morgan fingerprint density at radius 1 is 1.50 bits per heavy atom. The van der Waals surface area contributed by atoms with E-state index in [1.807, 2.05) is 0 Å². The Morgan fingerprint density at radius 2 is 2.31 bits per heavy atom. The molecule has 0 saturated heterocycles. The third-order valence-electron chi connectivity index (χ3n) is 2.19. The van der Waals surface area contributed by atoms with Crippen molar-refractivity contribution in [2.24, 2.45) is 0 Å². The maximum absolute atomic E-state index is 5.16. The Bertz CT molecular complexity index is 326. The molecule has 0 spiro atoms. The van der Waals surface area contributed by atoms with Gasteiger partial charge in [0.15, 0.2) is 5.11 Å². The molecule has 0 aliphatic rings. The fourth-order valence-electron chi connectivity index (χ4n) is 1.23. The van der Waals surface area contributed by atoms with Crippen molar-refractivity contribution in [3.8, 4) is 0 Å². The van der Waals surface area contributed by atoms with Gasteiger partial charge in [0.25, 0.3) is 0 Å². The quantitative estimate of drug-likeness (QED) is 0.604. The standard InChI is InChI=1S/C11H18N2OS2/c1-9-4-7-16-10(9)8-13-11(15)12-5-3-6-14-2/h4,7H,3,5-6,8H2,1-2H3,(H2,12,13,15). The summed E-state index contributed by atoms with van der Waals surface area (Å²) in [6, 6.07) is 2.12. The van der Waals surface area contributed by atoms with E-state index in [2.05, 4.69) is 29.0 Å². The minimum absolute atomic E-state index is 0.712. The molecule has 0 unspecified atom stereocenters. The average Bonchev–Trinajstić information content (AvgIpc) is 2.67. The molecule has 90 valence electrons. The molecule has 1 rings (SSSR count). The molecular weight excluding hydrogens is 240 g/mol. The van der Waals surface area contributed by atoms with Gasteiger partial charge >= 0.3 is 0 Å². The molecule has 1 aromatic heterocycles. The number of hydrogen-bond donors (Lipinski definition) is 2. The van der Waals surface area contributed by atoms with E-state index in [1.54, 1.807) is 18.4 Å². The van der Waals surface area contributed by atoms with Crippen molar-refractivity contribution in [1.29, 1.82) is 0 Å². The van der Waals surface area contributed by atoms with Crippen molar-refractivity contribution in [3.63, 3.8) is 0 Å². The molecule has 3 nitrogen and oxygen atoms in total. The topological polar surface area (TPSA) is 33.3 Å². The molecule has 0 fully saturated rings. The number of thiocarbonyl (C=S) groups is 1. The van der Waals surface area contributed by atoms with Crippen molar-refractivity contribution >= 4 is 28.7 Å².